The summed E-state index contributed by atoms with van der Waals surface area (Å²) in [5, 5.41) is 0. The summed E-state index contributed by atoms with van der Waals surface area (Å²) in [5.74, 6) is -0.492. The normalized spacial score (nSPS) is 12.5. The van der Waals surface area contributed by atoms with Gasteiger partial charge in [-0.05, 0) is 12.1 Å². The Morgan fingerprint density at radius 3 is 2.23 bits per heavy atom. The van der Waals surface area contributed by atoms with Crippen molar-refractivity contribution in [2.75, 3.05) is 5.73 Å². The number of carbonyl (C=O) groups excluding carboxylic acids is 1. The molecule has 1 aromatic heterocycles. The Bertz CT molecular complexity index is 717. The number of halogens is 6. The molecule has 2 N–H and O–H groups in total. The van der Waals surface area contributed by atoms with Crippen LogP contribution in [0.3, 0.4) is 0 Å². The summed E-state index contributed by atoms with van der Waals surface area (Å²) < 4.78 is 77.9. The molecule has 0 saturated carbocycles. The summed E-state index contributed by atoms with van der Waals surface area (Å²) >= 11 is 0. The number of alkyl halides is 6. The van der Waals surface area contributed by atoms with Crippen LogP contribution in [0.4, 0.5) is 32.0 Å². The zero-order valence-electron chi connectivity index (χ0n) is 10.5. The third-order valence-electron chi connectivity index (χ3n) is 2.81. The molecule has 0 fully saturated rings. The minimum atomic E-state index is -5.11. The first kappa shape index (κ1) is 15.9. The van der Waals surface area contributed by atoms with Crippen molar-refractivity contribution >= 4 is 12.1 Å². The molecular formula is C12H7F6N3O. The Morgan fingerprint density at radius 1 is 1.09 bits per heavy atom. The minimum absolute atomic E-state index is 0.0600. The van der Waals surface area contributed by atoms with Gasteiger partial charge >= 0.3 is 12.4 Å². The molecule has 10 heteroatoms. The second-order valence-electron chi connectivity index (χ2n) is 4.25. The highest BCUT2D eigenvalue weighted by Crippen LogP contribution is 2.43. The first-order valence-corrected chi connectivity index (χ1v) is 5.62. The number of hydrogen-bond donors (Lipinski definition) is 1. The van der Waals surface area contributed by atoms with Crippen molar-refractivity contribution in [2.45, 2.75) is 12.4 Å². The molecule has 0 atom stereocenters. The van der Waals surface area contributed by atoms with Gasteiger partial charge in [-0.3, -0.25) is 9.36 Å². The Hall–Kier alpha value is -2.52. The van der Waals surface area contributed by atoms with Crippen LogP contribution in [0.15, 0.2) is 24.5 Å². The summed E-state index contributed by atoms with van der Waals surface area (Å²) in [5.41, 5.74) is 0.647. The van der Waals surface area contributed by atoms with Gasteiger partial charge in [0.05, 0.1) is 16.7 Å². The number of hydrogen-bond acceptors (Lipinski definition) is 3. The van der Waals surface area contributed by atoms with Crippen molar-refractivity contribution in [1.82, 2.24) is 9.55 Å². The van der Waals surface area contributed by atoms with E-state index < -0.39 is 40.6 Å². The first-order chi connectivity index (χ1) is 10.1. The van der Waals surface area contributed by atoms with Crippen LogP contribution in [0.2, 0.25) is 0 Å². The molecule has 0 radical (unpaired) electrons. The highest BCUT2D eigenvalue weighted by Gasteiger charge is 2.40. The lowest BCUT2D eigenvalue weighted by Gasteiger charge is -2.17. The van der Waals surface area contributed by atoms with Crippen LogP contribution in [0.5, 0.6) is 0 Å². The SMILES string of the molecule is Nc1cc(C(F)(F)F)cc(C(F)(F)F)c1-c1nccn1C=O. The lowest BCUT2D eigenvalue weighted by Crippen LogP contribution is -2.15. The van der Waals surface area contributed by atoms with E-state index in [4.69, 9.17) is 5.73 Å². The molecule has 1 aromatic carbocycles. The number of nitrogens with zero attached hydrogens (tertiary/aromatic N) is 2. The van der Waals surface area contributed by atoms with Gasteiger partial charge in [-0.1, -0.05) is 0 Å². The monoisotopic (exact) mass is 323 g/mol. The number of carbonyl (C=O) groups is 1. The molecule has 0 unspecified atom stereocenters. The molecule has 0 saturated heterocycles. The fourth-order valence-electron chi connectivity index (χ4n) is 1.89. The molecule has 0 aliphatic heterocycles. The highest BCUT2D eigenvalue weighted by atomic mass is 19.4. The van der Waals surface area contributed by atoms with Gasteiger partial charge in [-0.15, -0.1) is 0 Å². The first-order valence-electron chi connectivity index (χ1n) is 5.62. The predicted molar refractivity (Wildman–Crippen MR) is 64.2 cm³/mol. The maximum absolute atomic E-state index is 13.1. The number of aromatic nitrogens is 2. The maximum Gasteiger partial charge on any atom is 0.417 e. The Morgan fingerprint density at radius 2 is 1.73 bits per heavy atom. The van der Waals surface area contributed by atoms with Crippen LogP contribution in [0, 0.1) is 0 Å². The van der Waals surface area contributed by atoms with Gasteiger partial charge in [-0.2, -0.15) is 26.3 Å². The van der Waals surface area contributed by atoms with Crippen molar-refractivity contribution in [3.63, 3.8) is 0 Å². The molecule has 0 amide bonds. The van der Waals surface area contributed by atoms with Crippen LogP contribution in [-0.4, -0.2) is 16.0 Å². The predicted octanol–water partition coefficient (Wildman–Crippen LogP) is 3.21. The van der Waals surface area contributed by atoms with Gasteiger partial charge in [0.2, 0.25) is 6.41 Å². The van der Waals surface area contributed by atoms with E-state index in [1.165, 1.54) is 0 Å². The van der Waals surface area contributed by atoms with E-state index in [0.717, 1.165) is 12.4 Å². The highest BCUT2D eigenvalue weighted by molar-refractivity contribution is 5.80. The second-order valence-corrected chi connectivity index (χ2v) is 4.25. The summed E-state index contributed by atoms with van der Waals surface area (Å²) in [6.07, 6.45) is -7.85. The quantitative estimate of drug-likeness (QED) is 0.524. The Balaban J connectivity index is 2.82. The van der Waals surface area contributed by atoms with Gasteiger partial charge in [0.15, 0.2) is 0 Å². The number of anilines is 1. The van der Waals surface area contributed by atoms with E-state index >= 15 is 0 Å². The standard InChI is InChI=1S/C12H7F6N3O/c13-11(14,15)6-3-7(12(16,17)18)9(8(19)4-6)10-20-1-2-21(10)5-22/h1-5H,19H2. The minimum Gasteiger partial charge on any atom is -0.398 e. The Kier molecular flexibility index (Phi) is 3.63. The Labute approximate surface area is 119 Å². The van der Waals surface area contributed by atoms with Crippen LogP contribution in [0.25, 0.3) is 11.4 Å². The lowest BCUT2D eigenvalue weighted by atomic mass is 10.00. The molecule has 0 bridgehead atoms. The molecule has 0 aliphatic rings. The number of nitrogen functional groups attached to an aromatic ring is 1. The van der Waals surface area contributed by atoms with Crippen molar-refractivity contribution < 1.29 is 31.1 Å². The van der Waals surface area contributed by atoms with Crippen molar-refractivity contribution in [3.05, 3.63) is 35.7 Å². The zero-order chi connectivity index (χ0) is 16.7. The van der Waals surface area contributed by atoms with Crippen LogP contribution in [0.1, 0.15) is 11.1 Å². The van der Waals surface area contributed by atoms with Crippen LogP contribution < -0.4 is 5.73 Å². The summed E-state index contributed by atoms with van der Waals surface area (Å²) in [4.78, 5) is 14.3. The molecular weight excluding hydrogens is 316 g/mol. The smallest absolute Gasteiger partial charge is 0.398 e. The van der Waals surface area contributed by atoms with E-state index in [9.17, 15) is 31.1 Å². The summed E-state index contributed by atoms with van der Waals surface area (Å²) in [6.45, 7) is 0. The molecule has 2 aromatic rings. The van der Waals surface area contributed by atoms with Crippen LogP contribution >= 0.6 is 0 Å². The lowest BCUT2D eigenvalue weighted by molar-refractivity contribution is -0.142. The van der Waals surface area contributed by atoms with E-state index in [-0.39, 0.29) is 12.5 Å². The molecule has 2 rings (SSSR count). The van der Waals surface area contributed by atoms with E-state index in [0.29, 0.717) is 10.6 Å². The van der Waals surface area contributed by atoms with Gasteiger partial charge < -0.3 is 5.73 Å². The third-order valence-corrected chi connectivity index (χ3v) is 2.81. The number of rotatable bonds is 2. The van der Waals surface area contributed by atoms with Gasteiger partial charge in [0.25, 0.3) is 0 Å². The van der Waals surface area contributed by atoms with Gasteiger partial charge in [0.1, 0.15) is 5.82 Å². The molecule has 4 nitrogen and oxygen atoms in total. The zero-order valence-corrected chi connectivity index (χ0v) is 10.5. The topological polar surface area (TPSA) is 60.9 Å². The average molecular weight is 323 g/mol. The fourth-order valence-corrected chi connectivity index (χ4v) is 1.89. The van der Waals surface area contributed by atoms with E-state index in [2.05, 4.69) is 4.98 Å². The number of benzene rings is 1. The number of imidazole rings is 1. The largest absolute Gasteiger partial charge is 0.417 e. The second kappa shape index (κ2) is 5.04. The fraction of sp³-hybridized carbons (Fsp3) is 0.167. The maximum atomic E-state index is 13.1. The van der Waals surface area contributed by atoms with Crippen molar-refractivity contribution in [1.29, 1.82) is 0 Å². The molecule has 22 heavy (non-hydrogen) atoms. The molecule has 118 valence electrons. The molecule has 0 spiro atoms. The van der Waals surface area contributed by atoms with Gasteiger partial charge in [-0.25, -0.2) is 4.98 Å². The average Bonchev–Trinajstić information content (AvgIpc) is 2.83. The summed E-state index contributed by atoms with van der Waals surface area (Å²) in [7, 11) is 0. The van der Waals surface area contributed by atoms with Gasteiger partial charge in [0, 0.05) is 18.1 Å². The van der Waals surface area contributed by atoms with Crippen molar-refractivity contribution in [2.24, 2.45) is 0 Å². The molecule has 1 heterocycles. The number of nitrogens with two attached hydrogens (primary N) is 1. The van der Waals surface area contributed by atoms with E-state index in [1.807, 2.05) is 0 Å². The van der Waals surface area contributed by atoms with Crippen molar-refractivity contribution in [3.8, 4) is 11.4 Å². The van der Waals surface area contributed by atoms with Crippen LogP contribution in [-0.2, 0) is 17.1 Å². The molecule has 0 aliphatic carbocycles. The summed E-state index contributed by atoms with van der Waals surface area (Å²) in [6, 6.07) is 0.309. The third kappa shape index (κ3) is 2.76. The van der Waals surface area contributed by atoms with E-state index in [1.54, 1.807) is 0 Å².